The van der Waals surface area contributed by atoms with Crippen LogP contribution in [0, 0.1) is 0 Å². The maximum Gasteiger partial charge on any atom is 0.120 e. The van der Waals surface area contributed by atoms with Crippen LogP contribution in [-0.2, 0) is 4.74 Å². The van der Waals surface area contributed by atoms with Crippen LogP contribution in [0.5, 0.6) is 11.5 Å². The van der Waals surface area contributed by atoms with E-state index in [1.165, 1.54) is 12.1 Å². The number of phenols is 2. The molecule has 2 rings (SSSR count). The Balaban J connectivity index is 1.99. The van der Waals surface area contributed by atoms with Crippen molar-refractivity contribution < 1.29 is 14.9 Å². The predicted molar refractivity (Wildman–Crippen MR) is 69.8 cm³/mol. The molecule has 2 unspecified atom stereocenters. The fourth-order valence-corrected chi connectivity index (χ4v) is 2.34. The van der Waals surface area contributed by atoms with Gasteiger partial charge in [-0.15, -0.1) is 0 Å². The summed E-state index contributed by atoms with van der Waals surface area (Å²) < 4.78 is 5.71. The van der Waals surface area contributed by atoms with E-state index in [1.807, 2.05) is 6.92 Å². The molecule has 2 atom stereocenters. The molecular weight excluding hydrogens is 230 g/mol. The van der Waals surface area contributed by atoms with Crippen LogP contribution >= 0.6 is 0 Å². The molecule has 1 aliphatic heterocycles. The summed E-state index contributed by atoms with van der Waals surface area (Å²) in [7, 11) is 0. The molecule has 100 valence electrons. The van der Waals surface area contributed by atoms with Crippen LogP contribution in [0.1, 0.15) is 38.3 Å². The minimum atomic E-state index is -0.110. The van der Waals surface area contributed by atoms with Crippen molar-refractivity contribution in [3.05, 3.63) is 23.8 Å². The van der Waals surface area contributed by atoms with Crippen molar-refractivity contribution >= 4 is 0 Å². The Bertz CT molecular complexity index is 414. The van der Waals surface area contributed by atoms with Gasteiger partial charge in [-0.2, -0.15) is 0 Å². The molecule has 4 heteroatoms. The van der Waals surface area contributed by atoms with Gasteiger partial charge in [-0.1, -0.05) is 0 Å². The summed E-state index contributed by atoms with van der Waals surface area (Å²) in [5.41, 5.74) is 0.595. The zero-order valence-corrected chi connectivity index (χ0v) is 10.9. The van der Waals surface area contributed by atoms with Crippen LogP contribution < -0.4 is 5.32 Å². The van der Waals surface area contributed by atoms with Crippen LogP contribution in [-0.4, -0.2) is 29.0 Å². The maximum atomic E-state index is 9.78. The molecule has 4 nitrogen and oxygen atoms in total. The number of ether oxygens (including phenoxy) is 1. The summed E-state index contributed by atoms with van der Waals surface area (Å²) in [6, 6.07) is 4.55. The molecule has 3 N–H and O–H groups in total. The Labute approximate surface area is 108 Å². The van der Waals surface area contributed by atoms with Crippen molar-refractivity contribution in [1.82, 2.24) is 5.32 Å². The van der Waals surface area contributed by atoms with E-state index in [0.717, 1.165) is 26.0 Å². The minimum absolute atomic E-state index is 0.0295. The lowest BCUT2D eigenvalue weighted by atomic mass is 10.0. The summed E-state index contributed by atoms with van der Waals surface area (Å²) in [5, 5.41) is 22.6. The van der Waals surface area contributed by atoms with E-state index in [1.54, 1.807) is 6.07 Å². The molecule has 0 radical (unpaired) electrons. The molecule has 0 spiro atoms. The smallest absolute Gasteiger partial charge is 0.120 e. The minimum Gasteiger partial charge on any atom is -0.508 e. The van der Waals surface area contributed by atoms with Crippen molar-refractivity contribution in [3.8, 4) is 11.5 Å². The van der Waals surface area contributed by atoms with Gasteiger partial charge in [0.1, 0.15) is 11.5 Å². The molecule has 0 aromatic heterocycles. The fraction of sp³-hybridized carbons (Fsp3) is 0.571. The lowest BCUT2D eigenvalue weighted by molar-refractivity contribution is 0.0190. The van der Waals surface area contributed by atoms with Crippen molar-refractivity contribution in [3.63, 3.8) is 0 Å². The number of rotatable bonds is 4. The maximum absolute atomic E-state index is 9.78. The van der Waals surface area contributed by atoms with Crippen molar-refractivity contribution in [2.45, 2.75) is 38.3 Å². The van der Waals surface area contributed by atoms with Gasteiger partial charge in [-0.25, -0.2) is 0 Å². The number of hydrogen-bond donors (Lipinski definition) is 3. The van der Waals surface area contributed by atoms with E-state index in [2.05, 4.69) is 12.2 Å². The summed E-state index contributed by atoms with van der Waals surface area (Å²) in [4.78, 5) is 0. The SMILES string of the molecule is CC(NCC1(C)CCCO1)c1cc(O)ccc1O. The predicted octanol–water partition coefficient (Wildman–Crippen LogP) is 2.32. The quantitative estimate of drug-likeness (QED) is 0.719. The Morgan fingerprint density at radius 3 is 2.89 bits per heavy atom. The highest BCUT2D eigenvalue weighted by molar-refractivity contribution is 5.40. The van der Waals surface area contributed by atoms with Crippen molar-refractivity contribution in [2.24, 2.45) is 0 Å². The second-order valence-electron chi connectivity index (χ2n) is 5.25. The van der Waals surface area contributed by atoms with Crippen LogP contribution in [0.3, 0.4) is 0 Å². The molecule has 0 bridgehead atoms. The zero-order chi connectivity index (χ0) is 13.2. The molecule has 1 aliphatic rings. The highest BCUT2D eigenvalue weighted by Crippen LogP contribution is 2.29. The van der Waals surface area contributed by atoms with E-state index in [-0.39, 0.29) is 23.1 Å². The third-order valence-electron chi connectivity index (χ3n) is 3.56. The first-order valence-corrected chi connectivity index (χ1v) is 6.39. The van der Waals surface area contributed by atoms with Gasteiger partial charge in [0.25, 0.3) is 0 Å². The third-order valence-corrected chi connectivity index (χ3v) is 3.56. The summed E-state index contributed by atoms with van der Waals surface area (Å²) >= 11 is 0. The molecule has 1 fully saturated rings. The van der Waals surface area contributed by atoms with Crippen LogP contribution in [0.4, 0.5) is 0 Å². The van der Waals surface area contributed by atoms with Crippen LogP contribution in [0.2, 0.25) is 0 Å². The molecule has 0 saturated carbocycles. The first kappa shape index (κ1) is 13.2. The van der Waals surface area contributed by atoms with Gasteiger partial charge in [0.05, 0.1) is 5.60 Å². The lowest BCUT2D eigenvalue weighted by Gasteiger charge is -2.26. The average molecular weight is 251 g/mol. The Morgan fingerprint density at radius 1 is 1.44 bits per heavy atom. The van der Waals surface area contributed by atoms with E-state index in [9.17, 15) is 10.2 Å². The van der Waals surface area contributed by atoms with Gasteiger partial charge in [0, 0.05) is 24.8 Å². The second kappa shape index (κ2) is 5.16. The molecular formula is C14H21NO3. The number of aromatic hydroxyl groups is 2. The van der Waals surface area contributed by atoms with E-state index >= 15 is 0 Å². The lowest BCUT2D eigenvalue weighted by Crippen LogP contribution is -2.38. The molecule has 1 heterocycles. The number of phenolic OH excluding ortho intramolecular Hbond substituents is 2. The van der Waals surface area contributed by atoms with Gasteiger partial charge in [0.2, 0.25) is 0 Å². The molecule has 1 aromatic rings. The van der Waals surface area contributed by atoms with Gasteiger partial charge < -0.3 is 20.3 Å². The Hall–Kier alpha value is -1.26. The van der Waals surface area contributed by atoms with Crippen LogP contribution in [0.25, 0.3) is 0 Å². The molecule has 1 saturated heterocycles. The average Bonchev–Trinajstić information content (AvgIpc) is 2.77. The van der Waals surface area contributed by atoms with Gasteiger partial charge in [0.15, 0.2) is 0 Å². The molecule has 0 aliphatic carbocycles. The monoisotopic (exact) mass is 251 g/mol. The standard InChI is InChI=1S/C14H21NO3/c1-10(12-8-11(16)4-5-13(12)17)15-9-14(2)6-3-7-18-14/h4-5,8,10,15-17H,3,6-7,9H2,1-2H3. The van der Waals surface area contributed by atoms with Crippen molar-refractivity contribution in [2.75, 3.05) is 13.2 Å². The molecule has 18 heavy (non-hydrogen) atoms. The third kappa shape index (κ3) is 2.94. The van der Waals surface area contributed by atoms with Crippen molar-refractivity contribution in [1.29, 1.82) is 0 Å². The van der Waals surface area contributed by atoms with Gasteiger partial charge in [-0.3, -0.25) is 0 Å². The Kier molecular flexibility index (Phi) is 3.78. The Morgan fingerprint density at radius 2 is 2.22 bits per heavy atom. The van der Waals surface area contributed by atoms with E-state index in [0.29, 0.717) is 5.56 Å². The van der Waals surface area contributed by atoms with E-state index in [4.69, 9.17) is 4.74 Å². The molecule has 1 aromatic carbocycles. The number of benzene rings is 1. The number of hydrogen-bond acceptors (Lipinski definition) is 4. The summed E-state index contributed by atoms with van der Waals surface area (Å²) in [6.07, 6.45) is 2.16. The largest absolute Gasteiger partial charge is 0.508 e. The first-order chi connectivity index (χ1) is 8.50. The van der Waals surface area contributed by atoms with Gasteiger partial charge in [-0.05, 0) is 44.9 Å². The number of nitrogens with one attached hydrogen (secondary N) is 1. The topological polar surface area (TPSA) is 61.7 Å². The summed E-state index contributed by atoms with van der Waals surface area (Å²) in [6.45, 7) is 5.63. The fourth-order valence-electron chi connectivity index (χ4n) is 2.34. The highest BCUT2D eigenvalue weighted by atomic mass is 16.5. The first-order valence-electron chi connectivity index (χ1n) is 6.39. The zero-order valence-electron chi connectivity index (χ0n) is 10.9. The highest BCUT2D eigenvalue weighted by Gasteiger charge is 2.30. The second-order valence-corrected chi connectivity index (χ2v) is 5.25. The van der Waals surface area contributed by atoms with E-state index < -0.39 is 0 Å². The molecule has 0 amide bonds. The van der Waals surface area contributed by atoms with Gasteiger partial charge >= 0.3 is 0 Å². The normalized spacial score (nSPS) is 25.2. The van der Waals surface area contributed by atoms with Crippen LogP contribution in [0.15, 0.2) is 18.2 Å². The summed E-state index contributed by atoms with van der Waals surface area (Å²) in [5.74, 6) is 0.366.